The molecule has 1 aliphatic rings. The van der Waals surface area contributed by atoms with Crippen molar-refractivity contribution in [3.63, 3.8) is 0 Å². The third-order valence-electron chi connectivity index (χ3n) is 5.11. The average molecular weight is 440 g/mol. The number of carbonyl (C=O) groups is 2. The summed E-state index contributed by atoms with van der Waals surface area (Å²) in [6, 6.07) is 11.1. The zero-order valence-corrected chi connectivity index (χ0v) is 18.0. The number of hydrogen-bond acceptors (Lipinski definition) is 7. The van der Waals surface area contributed by atoms with Crippen molar-refractivity contribution < 1.29 is 29.1 Å². The van der Waals surface area contributed by atoms with Crippen molar-refractivity contribution in [1.82, 2.24) is 4.90 Å². The van der Waals surface area contributed by atoms with Gasteiger partial charge >= 0.3 is 0 Å². The Kier molecular flexibility index (Phi) is 6.89. The van der Waals surface area contributed by atoms with Gasteiger partial charge in [-0.05, 0) is 32.0 Å². The summed E-state index contributed by atoms with van der Waals surface area (Å²) in [4.78, 5) is 37.6. The first-order chi connectivity index (χ1) is 15.3. The minimum atomic E-state index is -0.905. The van der Waals surface area contributed by atoms with Crippen LogP contribution in [-0.2, 0) is 14.3 Å². The molecule has 1 saturated heterocycles. The van der Waals surface area contributed by atoms with E-state index in [-0.39, 0.29) is 36.1 Å². The molecule has 2 aromatic rings. The molecule has 3 rings (SSSR count). The van der Waals surface area contributed by atoms with Gasteiger partial charge in [0, 0.05) is 29.8 Å². The summed E-state index contributed by atoms with van der Waals surface area (Å²) >= 11 is 0. The second-order valence-corrected chi connectivity index (χ2v) is 7.46. The number of nitro benzene ring substituents is 1. The molecule has 0 bridgehead atoms. The van der Waals surface area contributed by atoms with Crippen LogP contribution in [0.5, 0.6) is 5.75 Å². The number of para-hydroxylation sites is 1. The Morgan fingerprint density at radius 1 is 1.16 bits per heavy atom. The number of non-ortho nitro benzene ring substituents is 1. The number of nitro groups is 1. The molecule has 0 saturated carbocycles. The zero-order valence-electron chi connectivity index (χ0n) is 18.0. The Balaban J connectivity index is 2.13. The van der Waals surface area contributed by atoms with E-state index in [4.69, 9.17) is 9.47 Å². The zero-order chi connectivity index (χ0) is 23.4. The van der Waals surface area contributed by atoms with Crippen LogP contribution in [0.2, 0.25) is 0 Å². The minimum Gasteiger partial charge on any atom is -0.507 e. The smallest absolute Gasteiger partial charge is 0.295 e. The van der Waals surface area contributed by atoms with Gasteiger partial charge in [0.15, 0.2) is 0 Å². The van der Waals surface area contributed by atoms with Crippen LogP contribution in [0.1, 0.15) is 31.0 Å². The van der Waals surface area contributed by atoms with Crippen molar-refractivity contribution in [3.05, 3.63) is 75.3 Å². The summed E-state index contributed by atoms with van der Waals surface area (Å²) in [5.74, 6) is -1.58. The van der Waals surface area contributed by atoms with Gasteiger partial charge in [0.25, 0.3) is 17.4 Å². The fourth-order valence-electron chi connectivity index (χ4n) is 3.61. The van der Waals surface area contributed by atoms with Crippen LogP contribution in [0.25, 0.3) is 5.76 Å². The third kappa shape index (κ3) is 4.47. The van der Waals surface area contributed by atoms with Gasteiger partial charge in [0.05, 0.1) is 36.4 Å². The van der Waals surface area contributed by atoms with Crippen LogP contribution in [-0.4, -0.2) is 53.0 Å². The normalized spacial score (nSPS) is 17.8. The Morgan fingerprint density at radius 2 is 1.81 bits per heavy atom. The second-order valence-electron chi connectivity index (χ2n) is 7.46. The summed E-state index contributed by atoms with van der Waals surface area (Å²) in [6.45, 7) is 4.05. The van der Waals surface area contributed by atoms with Crippen molar-refractivity contribution in [1.29, 1.82) is 0 Å². The molecule has 1 atom stereocenters. The topological polar surface area (TPSA) is 119 Å². The maximum absolute atomic E-state index is 13.0. The molecule has 2 aromatic carbocycles. The van der Waals surface area contributed by atoms with E-state index in [1.54, 1.807) is 24.3 Å². The summed E-state index contributed by atoms with van der Waals surface area (Å²) in [7, 11) is 1.48. The lowest BCUT2D eigenvalue weighted by Gasteiger charge is -2.26. The number of carbonyl (C=O) groups excluding carboxylic acids is 2. The molecule has 168 valence electrons. The van der Waals surface area contributed by atoms with Crippen LogP contribution in [0.4, 0.5) is 5.69 Å². The molecule has 9 nitrogen and oxygen atoms in total. The lowest BCUT2D eigenvalue weighted by Crippen LogP contribution is -2.33. The fourth-order valence-corrected chi connectivity index (χ4v) is 3.61. The number of rotatable bonds is 8. The van der Waals surface area contributed by atoms with E-state index in [1.807, 2.05) is 13.8 Å². The highest BCUT2D eigenvalue weighted by Gasteiger charge is 2.46. The highest BCUT2D eigenvalue weighted by Crippen LogP contribution is 2.42. The molecular formula is C23H24N2O7. The molecule has 1 amide bonds. The lowest BCUT2D eigenvalue weighted by molar-refractivity contribution is -0.384. The van der Waals surface area contributed by atoms with Gasteiger partial charge in [-0.15, -0.1) is 0 Å². The standard InChI is InChI=1S/C23H24N2O7/c1-14(2)32-13-12-24-20(17-6-4-5-7-18(17)31-3)19(22(27)23(24)28)21(26)15-8-10-16(11-9-15)25(29)30/h4-11,14,20,26H,12-13H2,1-3H3/b21-19+. The Hall–Kier alpha value is -3.72. The van der Waals surface area contributed by atoms with Gasteiger partial charge in [-0.1, -0.05) is 18.2 Å². The van der Waals surface area contributed by atoms with Crippen LogP contribution >= 0.6 is 0 Å². The number of methoxy groups -OCH3 is 1. The number of hydrogen-bond donors (Lipinski definition) is 1. The van der Waals surface area contributed by atoms with Crippen LogP contribution in [0.15, 0.2) is 54.1 Å². The van der Waals surface area contributed by atoms with Crippen molar-refractivity contribution in [2.75, 3.05) is 20.3 Å². The number of amides is 1. The molecule has 0 radical (unpaired) electrons. The molecule has 1 unspecified atom stereocenters. The Labute approximate surface area is 185 Å². The van der Waals surface area contributed by atoms with Crippen LogP contribution in [0, 0.1) is 10.1 Å². The van der Waals surface area contributed by atoms with Crippen molar-refractivity contribution in [2.24, 2.45) is 0 Å². The van der Waals surface area contributed by atoms with E-state index in [1.165, 1.54) is 36.3 Å². The monoisotopic (exact) mass is 440 g/mol. The highest BCUT2D eigenvalue weighted by molar-refractivity contribution is 6.46. The lowest BCUT2D eigenvalue weighted by atomic mass is 9.94. The van der Waals surface area contributed by atoms with Crippen LogP contribution in [0.3, 0.4) is 0 Å². The minimum absolute atomic E-state index is 0.0587. The van der Waals surface area contributed by atoms with Crippen LogP contribution < -0.4 is 4.74 Å². The van der Waals surface area contributed by atoms with Gasteiger partial charge < -0.3 is 19.5 Å². The average Bonchev–Trinajstić information content (AvgIpc) is 3.03. The van der Waals surface area contributed by atoms with Gasteiger partial charge in [-0.25, -0.2) is 0 Å². The Morgan fingerprint density at radius 3 is 2.41 bits per heavy atom. The second kappa shape index (κ2) is 9.61. The third-order valence-corrected chi connectivity index (χ3v) is 5.11. The maximum atomic E-state index is 13.0. The molecule has 0 spiro atoms. The molecule has 1 N–H and O–H groups in total. The summed E-state index contributed by atoms with van der Waals surface area (Å²) < 4.78 is 11.0. The quantitative estimate of drug-likeness (QED) is 0.219. The molecule has 9 heteroatoms. The summed E-state index contributed by atoms with van der Waals surface area (Å²) in [6.07, 6.45) is -0.0587. The first kappa shape index (κ1) is 23.0. The van der Waals surface area contributed by atoms with Gasteiger partial charge in [0.2, 0.25) is 0 Å². The van der Waals surface area contributed by atoms with Gasteiger partial charge in [-0.3, -0.25) is 19.7 Å². The predicted molar refractivity (Wildman–Crippen MR) is 116 cm³/mol. The summed E-state index contributed by atoms with van der Waals surface area (Å²) in [5, 5.41) is 21.9. The molecule has 1 heterocycles. The molecule has 32 heavy (non-hydrogen) atoms. The van der Waals surface area contributed by atoms with E-state index in [9.17, 15) is 24.8 Å². The Bertz CT molecular complexity index is 1060. The first-order valence-electron chi connectivity index (χ1n) is 10.0. The molecule has 0 aromatic heterocycles. The first-order valence-corrected chi connectivity index (χ1v) is 10.0. The van der Waals surface area contributed by atoms with Crippen molar-refractivity contribution >= 4 is 23.1 Å². The van der Waals surface area contributed by atoms with E-state index in [2.05, 4.69) is 0 Å². The number of nitrogens with zero attached hydrogens (tertiary/aromatic N) is 2. The number of ether oxygens (including phenoxy) is 2. The summed E-state index contributed by atoms with van der Waals surface area (Å²) in [5.41, 5.74) is 0.446. The van der Waals surface area contributed by atoms with Crippen molar-refractivity contribution in [3.8, 4) is 5.75 Å². The fraction of sp³-hybridized carbons (Fsp3) is 0.304. The number of aliphatic hydroxyl groups excluding tert-OH is 1. The number of benzene rings is 2. The van der Waals surface area contributed by atoms with E-state index in [0.717, 1.165) is 0 Å². The van der Waals surface area contributed by atoms with E-state index < -0.39 is 28.4 Å². The van der Waals surface area contributed by atoms with E-state index >= 15 is 0 Å². The molecule has 0 aliphatic carbocycles. The molecule has 1 fully saturated rings. The number of ketones is 1. The SMILES string of the molecule is COc1ccccc1C1/C(=C(\O)c2ccc([N+](=O)[O-])cc2)C(=O)C(=O)N1CCOC(C)C. The predicted octanol–water partition coefficient (Wildman–Crippen LogP) is 3.45. The highest BCUT2D eigenvalue weighted by atomic mass is 16.6. The number of Topliss-reactive ketones (excluding diaryl/α,β-unsaturated/α-hetero) is 1. The van der Waals surface area contributed by atoms with E-state index in [0.29, 0.717) is 11.3 Å². The largest absolute Gasteiger partial charge is 0.507 e. The molecular weight excluding hydrogens is 416 g/mol. The van der Waals surface area contributed by atoms with Crippen molar-refractivity contribution in [2.45, 2.75) is 26.0 Å². The number of aliphatic hydroxyl groups is 1. The molecule has 1 aliphatic heterocycles. The van der Waals surface area contributed by atoms with Gasteiger partial charge in [-0.2, -0.15) is 0 Å². The van der Waals surface area contributed by atoms with Gasteiger partial charge in [0.1, 0.15) is 11.5 Å². The number of likely N-dealkylation sites (tertiary alicyclic amines) is 1. The maximum Gasteiger partial charge on any atom is 0.295 e.